The molecule has 0 radical (unpaired) electrons. The van der Waals surface area contributed by atoms with E-state index >= 15 is 0 Å². The second kappa shape index (κ2) is 8.91. The molecule has 0 bridgehead atoms. The van der Waals surface area contributed by atoms with Crippen molar-refractivity contribution in [2.75, 3.05) is 13.2 Å². The van der Waals surface area contributed by atoms with Crippen LogP contribution in [0.1, 0.15) is 50.0 Å². The van der Waals surface area contributed by atoms with Crippen LogP contribution in [0.5, 0.6) is 5.75 Å². The molecular weight excluding hydrogens is 362 g/mol. The molecule has 126 valence electrons. The van der Waals surface area contributed by atoms with Crippen LogP contribution in [0.4, 0.5) is 0 Å². The van der Waals surface area contributed by atoms with Crippen LogP contribution in [0.3, 0.4) is 0 Å². The van der Waals surface area contributed by atoms with Gasteiger partial charge in [0.2, 0.25) is 5.91 Å². The van der Waals surface area contributed by atoms with Crippen molar-refractivity contribution in [2.24, 2.45) is 0 Å². The van der Waals surface area contributed by atoms with E-state index in [1.54, 1.807) is 0 Å². The van der Waals surface area contributed by atoms with Crippen LogP contribution < -0.4 is 10.1 Å². The number of carbonyl (C=O) groups excluding carboxylic acids is 1. The number of carbonyl (C=O) groups is 2. The topological polar surface area (TPSA) is 75.6 Å². The van der Waals surface area contributed by atoms with Gasteiger partial charge in [0.15, 0.2) is 0 Å². The maximum Gasteiger partial charge on any atom is 0.303 e. The molecule has 1 amide bonds. The second-order valence-corrected chi connectivity index (χ2v) is 6.66. The van der Waals surface area contributed by atoms with Crippen molar-refractivity contribution >= 4 is 27.8 Å². The molecule has 2 rings (SSSR count). The summed E-state index contributed by atoms with van der Waals surface area (Å²) in [6, 6.07) is 5.72. The Morgan fingerprint density at radius 3 is 2.74 bits per heavy atom. The number of nitrogens with one attached hydrogen (secondary N) is 1. The molecular formula is C17H22BrNO4. The summed E-state index contributed by atoms with van der Waals surface area (Å²) in [6.45, 7) is 1.05. The van der Waals surface area contributed by atoms with Crippen molar-refractivity contribution in [2.45, 2.75) is 44.4 Å². The third kappa shape index (κ3) is 5.53. The van der Waals surface area contributed by atoms with E-state index in [1.807, 2.05) is 18.2 Å². The van der Waals surface area contributed by atoms with Crippen LogP contribution in [0, 0.1) is 0 Å². The summed E-state index contributed by atoms with van der Waals surface area (Å²) >= 11 is 3.42. The quantitative estimate of drug-likeness (QED) is 0.640. The molecule has 23 heavy (non-hydrogen) atoms. The lowest BCUT2D eigenvalue weighted by Gasteiger charge is -2.10. The minimum Gasteiger partial charge on any atom is -0.492 e. The number of ether oxygens (including phenoxy) is 1. The van der Waals surface area contributed by atoms with Crippen molar-refractivity contribution in [3.63, 3.8) is 0 Å². The molecule has 2 N–H and O–H groups in total. The predicted octanol–water partition coefficient (Wildman–Crippen LogP) is 3.47. The summed E-state index contributed by atoms with van der Waals surface area (Å²) in [5.74, 6) is -0.180. The number of amides is 1. The lowest BCUT2D eigenvalue weighted by atomic mass is 10.0. The monoisotopic (exact) mass is 383 g/mol. The van der Waals surface area contributed by atoms with Gasteiger partial charge >= 0.3 is 5.97 Å². The molecule has 1 aromatic rings. The SMILES string of the molecule is O=C(O)CCCCCCCNC(=O)C1COc2ccc(Br)cc21. The van der Waals surface area contributed by atoms with Gasteiger partial charge in [0, 0.05) is 23.0 Å². The summed E-state index contributed by atoms with van der Waals surface area (Å²) in [6.07, 6.45) is 4.82. The Balaban J connectivity index is 1.63. The number of rotatable bonds is 9. The summed E-state index contributed by atoms with van der Waals surface area (Å²) in [4.78, 5) is 22.6. The van der Waals surface area contributed by atoms with E-state index in [-0.39, 0.29) is 18.2 Å². The standard InChI is InChI=1S/C17H22BrNO4/c18-12-7-8-15-13(10-12)14(11-23-15)17(22)19-9-5-3-1-2-4-6-16(20)21/h7-8,10,14H,1-6,9,11H2,(H,19,22)(H,20,21). The molecule has 1 aromatic carbocycles. The van der Waals surface area contributed by atoms with Crippen molar-refractivity contribution in [1.82, 2.24) is 5.32 Å². The Hall–Kier alpha value is -1.56. The molecule has 5 nitrogen and oxygen atoms in total. The maximum absolute atomic E-state index is 12.3. The average molecular weight is 384 g/mol. The third-order valence-corrected chi connectivity index (χ3v) is 4.43. The Morgan fingerprint density at radius 2 is 1.96 bits per heavy atom. The first kappa shape index (κ1) is 17.8. The van der Waals surface area contributed by atoms with Crippen LogP contribution in [0.2, 0.25) is 0 Å². The number of hydrogen-bond donors (Lipinski definition) is 2. The molecule has 0 saturated carbocycles. The van der Waals surface area contributed by atoms with E-state index in [2.05, 4.69) is 21.2 Å². The van der Waals surface area contributed by atoms with Gasteiger partial charge in [-0.05, 0) is 31.0 Å². The summed E-state index contributed by atoms with van der Waals surface area (Å²) in [7, 11) is 0. The molecule has 0 fully saturated rings. The van der Waals surface area contributed by atoms with Crippen LogP contribution in [0.25, 0.3) is 0 Å². The zero-order chi connectivity index (χ0) is 16.7. The van der Waals surface area contributed by atoms with Crippen molar-refractivity contribution in [3.8, 4) is 5.75 Å². The second-order valence-electron chi connectivity index (χ2n) is 5.75. The minimum atomic E-state index is -0.733. The number of carboxylic acids is 1. The smallest absolute Gasteiger partial charge is 0.303 e. The van der Waals surface area contributed by atoms with Gasteiger partial charge in [0.25, 0.3) is 0 Å². The van der Waals surface area contributed by atoms with Gasteiger partial charge in [0.05, 0.1) is 0 Å². The fourth-order valence-corrected chi connectivity index (χ4v) is 3.05. The lowest BCUT2D eigenvalue weighted by Crippen LogP contribution is -2.30. The highest BCUT2D eigenvalue weighted by molar-refractivity contribution is 9.10. The predicted molar refractivity (Wildman–Crippen MR) is 90.7 cm³/mol. The lowest BCUT2D eigenvalue weighted by molar-refractivity contribution is -0.137. The molecule has 6 heteroatoms. The maximum atomic E-state index is 12.3. The van der Waals surface area contributed by atoms with Gasteiger partial charge in [-0.15, -0.1) is 0 Å². The summed E-state index contributed by atoms with van der Waals surface area (Å²) in [5, 5.41) is 11.5. The molecule has 0 spiro atoms. The van der Waals surface area contributed by atoms with Crippen LogP contribution in [0.15, 0.2) is 22.7 Å². The van der Waals surface area contributed by atoms with Crippen LogP contribution >= 0.6 is 15.9 Å². The van der Waals surface area contributed by atoms with E-state index in [1.165, 1.54) is 0 Å². The highest BCUT2D eigenvalue weighted by Gasteiger charge is 2.30. The van der Waals surface area contributed by atoms with Gasteiger partial charge < -0.3 is 15.2 Å². The van der Waals surface area contributed by atoms with E-state index < -0.39 is 5.97 Å². The van der Waals surface area contributed by atoms with Crippen molar-refractivity contribution in [1.29, 1.82) is 0 Å². The van der Waals surface area contributed by atoms with E-state index in [0.29, 0.717) is 13.2 Å². The van der Waals surface area contributed by atoms with E-state index in [0.717, 1.165) is 47.9 Å². The zero-order valence-corrected chi connectivity index (χ0v) is 14.6. The Kier molecular flexibility index (Phi) is 6.89. The zero-order valence-electron chi connectivity index (χ0n) is 13.0. The normalized spacial score (nSPS) is 15.8. The molecule has 0 saturated heterocycles. The Labute approximate surface area is 144 Å². The Bertz CT molecular complexity index is 562. The van der Waals surface area contributed by atoms with Crippen molar-refractivity contribution in [3.05, 3.63) is 28.2 Å². The first-order valence-corrected chi connectivity index (χ1v) is 8.79. The highest BCUT2D eigenvalue weighted by atomic mass is 79.9. The Morgan fingerprint density at radius 1 is 1.22 bits per heavy atom. The molecule has 1 heterocycles. The number of fused-ring (bicyclic) bond motifs is 1. The average Bonchev–Trinajstić information content (AvgIpc) is 2.92. The number of aliphatic carboxylic acids is 1. The first-order chi connectivity index (χ1) is 11.1. The minimum absolute atomic E-state index is 0.00715. The molecule has 1 unspecified atom stereocenters. The van der Waals surface area contributed by atoms with Crippen molar-refractivity contribution < 1.29 is 19.4 Å². The van der Waals surface area contributed by atoms with E-state index in [9.17, 15) is 9.59 Å². The number of carboxylic acid groups (broad SMARTS) is 1. The molecule has 0 aliphatic carbocycles. The third-order valence-electron chi connectivity index (χ3n) is 3.94. The molecule has 0 aromatic heterocycles. The fourth-order valence-electron chi connectivity index (χ4n) is 2.67. The van der Waals surface area contributed by atoms with Gasteiger partial charge in [-0.1, -0.05) is 35.2 Å². The fraction of sp³-hybridized carbons (Fsp3) is 0.529. The van der Waals surface area contributed by atoms with Gasteiger partial charge in [-0.2, -0.15) is 0 Å². The number of hydrogen-bond acceptors (Lipinski definition) is 3. The van der Waals surface area contributed by atoms with Crippen LogP contribution in [-0.4, -0.2) is 30.1 Å². The van der Waals surface area contributed by atoms with Gasteiger partial charge in [-0.3, -0.25) is 9.59 Å². The van der Waals surface area contributed by atoms with E-state index in [4.69, 9.17) is 9.84 Å². The van der Waals surface area contributed by atoms with Gasteiger partial charge in [0.1, 0.15) is 18.3 Å². The number of halogens is 1. The molecule has 1 aliphatic heterocycles. The van der Waals surface area contributed by atoms with Crippen LogP contribution in [-0.2, 0) is 9.59 Å². The largest absolute Gasteiger partial charge is 0.492 e. The summed E-state index contributed by atoms with van der Waals surface area (Å²) < 4.78 is 6.49. The summed E-state index contributed by atoms with van der Waals surface area (Å²) in [5.41, 5.74) is 0.936. The first-order valence-electron chi connectivity index (χ1n) is 7.99. The number of benzene rings is 1. The highest BCUT2D eigenvalue weighted by Crippen LogP contribution is 2.35. The molecule has 1 atom stereocenters. The number of unbranched alkanes of at least 4 members (excludes halogenated alkanes) is 4. The van der Waals surface area contributed by atoms with Gasteiger partial charge in [-0.25, -0.2) is 0 Å². The molecule has 1 aliphatic rings.